The minimum atomic E-state index is -0.0317. The lowest BCUT2D eigenvalue weighted by Gasteiger charge is -2.09. The van der Waals surface area contributed by atoms with Crippen LogP contribution in [0.3, 0.4) is 0 Å². The lowest BCUT2D eigenvalue weighted by atomic mass is 10.0. The van der Waals surface area contributed by atoms with Crippen molar-refractivity contribution in [3.63, 3.8) is 0 Å². The quantitative estimate of drug-likeness (QED) is 0.570. The first-order chi connectivity index (χ1) is 8.61. The Morgan fingerprint density at radius 2 is 2.11 bits per heavy atom. The number of amides is 1. The molecule has 0 aliphatic heterocycles. The van der Waals surface area contributed by atoms with Crippen LogP contribution >= 0.6 is 0 Å². The second-order valence-corrected chi connectivity index (χ2v) is 4.06. The fraction of sp³-hybridized carbons (Fsp3) is 0.143. The molecule has 4 heteroatoms. The van der Waals surface area contributed by atoms with Crippen LogP contribution in [0.5, 0.6) is 0 Å². The fourth-order valence-corrected chi connectivity index (χ4v) is 1.79. The van der Waals surface area contributed by atoms with E-state index in [2.05, 4.69) is 5.32 Å². The monoisotopic (exact) mass is 241 g/mol. The largest absolute Gasteiger partial charge is 0.384 e. The lowest BCUT2D eigenvalue weighted by Crippen LogP contribution is -2.12. The predicted molar refractivity (Wildman–Crippen MR) is 73.9 cm³/mol. The highest BCUT2D eigenvalue weighted by atomic mass is 16.1. The summed E-state index contributed by atoms with van der Waals surface area (Å²) in [5, 5.41) is 12.2. The molecule has 0 heterocycles. The molecule has 0 unspecified atom stereocenters. The smallest absolute Gasteiger partial charge is 0.224 e. The number of carbonyl (C=O) groups is 1. The molecule has 0 spiro atoms. The van der Waals surface area contributed by atoms with E-state index in [-0.39, 0.29) is 11.7 Å². The SMILES string of the molecule is CCC(=O)Nc1cccc2ccc(C(=N)N)cc12. The molecular weight excluding hydrogens is 226 g/mol. The van der Waals surface area contributed by atoms with Gasteiger partial charge in [-0.05, 0) is 17.5 Å². The highest BCUT2D eigenvalue weighted by Crippen LogP contribution is 2.24. The number of nitrogens with two attached hydrogens (primary N) is 1. The Bertz CT molecular complexity index is 619. The van der Waals surface area contributed by atoms with Crippen molar-refractivity contribution in [2.45, 2.75) is 13.3 Å². The second-order valence-electron chi connectivity index (χ2n) is 4.06. The van der Waals surface area contributed by atoms with Gasteiger partial charge < -0.3 is 11.1 Å². The average Bonchev–Trinajstić information content (AvgIpc) is 2.38. The number of carbonyl (C=O) groups excluding carboxylic acids is 1. The highest BCUT2D eigenvalue weighted by molar-refractivity contribution is 6.05. The average molecular weight is 241 g/mol. The first kappa shape index (κ1) is 12.1. The Morgan fingerprint density at radius 3 is 2.78 bits per heavy atom. The standard InChI is InChI=1S/C14H15N3O/c1-2-13(18)17-12-5-3-4-9-6-7-10(14(15)16)8-11(9)12/h3-8H,2H2,1H3,(H3,15,16)(H,17,18). The molecular formula is C14H15N3O. The van der Waals surface area contributed by atoms with Crippen molar-refractivity contribution < 1.29 is 4.79 Å². The number of rotatable bonds is 3. The normalized spacial score (nSPS) is 10.3. The fourth-order valence-electron chi connectivity index (χ4n) is 1.79. The summed E-state index contributed by atoms with van der Waals surface area (Å²) in [5.74, 6) is -0.00995. The van der Waals surface area contributed by atoms with Gasteiger partial charge in [-0.3, -0.25) is 10.2 Å². The molecule has 0 atom stereocenters. The van der Waals surface area contributed by atoms with E-state index in [1.165, 1.54) is 0 Å². The molecule has 18 heavy (non-hydrogen) atoms. The minimum absolute atomic E-state index is 0.0218. The second kappa shape index (κ2) is 4.87. The van der Waals surface area contributed by atoms with Crippen molar-refractivity contribution in [3.05, 3.63) is 42.0 Å². The van der Waals surface area contributed by atoms with Gasteiger partial charge in [0, 0.05) is 23.1 Å². The van der Waals surface area contributed by atoms with Gasteiger partial charge in [0.25, 0.3) is 0 Å². The van der Waals surface area contributed by atoms with Gasteiger partial charge in [-0.1, -0.05) is 31.2 Å². The van der Waals surface area contributed by atoms with Crippen molar-refractivity contribution in [2.24, 2.45) is 5.73 Å². The van der Waals surface area contributed by atoms with E-state index >= 15 is 0 Å². The van der Waals surface area contributed by atoms with Crippen LogP contribution in [0.25, 0.3) is 10.8 Å². The molecule has 0 saturated carbocycles. The van der Waals surface area contributed by atoms with Crippen LogP contribution in [-0.2, 0) is 4.79 Å². The number of nitrogens with one attached hydrogen (secondary N) is 2. The van der Waals surface area contributed by atoms with E-state index < -0.39 is 0 Å². The number of amidine groups is 1. The number of anilines is 1. The van der Waals surface area contributed by atoms with Crippen LogP contribution in [0.15, 0.2) is 36.4 Å². The summed E-state index contributed by atoms with van der Waals surface area (Å²) in [6.07, 6.45) is 0.433. The molecule has 4 N–H and O–H groups in total. The Balaban J connectivity index is 2.55. The molecule has 0 radical (unpaired) electrons. The molecule has 0 saturated heterocycles. The van der Waals surface area contributed by atoms with Crippen molar-refractivity contribution in [1.82, 2.24) is 0 Å². The van der Waals surface area contributed by atoms with Crippen molar-refractivity contribution in [1.29, 1.82) is 5.41 Å². The first-order valence-electron chi connectivity index (χ1n) is 5.79. The zero-order valence-corrected chi connectivity index (χ0v) is 10.2. The molecule has 0 aliphatic carbocycles. The van der Waals surface area contributed by atoms with Crippen LogP contribution < -0.4 is 11.1 Å². The Labute approximate surface area is 105 Å². The lowest BCUT2D eigenvalue weighted by molar-refractivity contribution is -0.115. The third-order valence-corrected chi connectivity index (χ3v) is 2.79. The van der Waals surface area contributed by atoms with E-state index in [0.29, 0.717) is 12.0 Å². The molecule has 0 fully saturated rings. The topological polar surface area (TPSA) is 79.0 Å². The van der Waals surface area contributed by atoms with Gasteiger partial charge in [0.05, 0.1) is 0 Å². The minimum Gasteiger partial charge on any atom is -0.384 e. The molecule has 2 rings (SSSR count). The third-order valence-electron chi connectivity index (χ3n) is 2.79. The Morgan fingerprint density at radius 1 is 1.33 bits per heavy atom. The molecule has 4 nitrogen and oxygen atoms in total. The van der Waals surface area contributed by atoms with Gasteiger partial charge in [-0.2, -0.15) is 0 Å². The van der Waals surface area contributed by atoms with Gasteiger partial charge in [0.1, 0.15) is 5.84 Å². The summed E-state index contributed by atoms with van der Waals surface area (Å²) in [6, 6.07) is 11.2. The number of hydrogen-bond donors (Lipinski definition) is 3. The van der Waals surface area contributed by atoms with Gasteiger partial charge in [-0.15, -0.1) is 0 Å². The van der Waals surface area contributed by atoms with E-state index in [1.807, 2.05) is 37.3 Å². The van der Waals surface area contributed by atoms with Gasteiger partial charge in [0.15, 0.2) is 0 Å². The third kappa shape index (κ3) is 2.32. The summed E-state index contributed by atoms with van der Waals surface area (Å²) in [5.41, 5.74) is 6.88. The first-order valence-corrected chi connectivity index (χ1v) is 5.79. The van der Waals surface area contributed by atoms with E-state index in [1.54, 1.807) is 6.07 Å². The zero-order chi connectivity index (χ0) is 13.1. The number of benzene rings is 2. The summed E-state index contributed by atoms with van der Waals surface area (Å²) >= 11 is 0. The molecule has 2 aromatic rings. The van der Waals surface area contributed by atoms with Crippen molar-refractivity contribution in [2.75, 3.05) is 5.32 Å². The Hall–Kier alpha value is -2.36. The molecule has 1 amide bonds. The molecule has 92 valence electrons. The van der Waals surface area contributed by atoms with Crippen molar-refractivity contribution >= 4 is 28.2 Å². The predicted octanol–water partition coefficient (Wildman–Crippen LogP) is 2.47. The summed E-state index contributed by atoms with van der Waals surface area (Å²) in [6.45, 7) is 1.81. The van der Waals surface area contributed by atoms with Gasteiger partial charge in [0.2, 0.25) is 5.91 Å². The van der Waals surface area contributed by atoms with Crippen molar-refractivity contribution in [3.8, 4) is 0 Å². The van der Waals surface area contributed by atoms with Gasteiger partial charge in [-0.25, -0.2) is 0 Å². The highest BCUT2D eigenvalue weighted by Gasteiger charge is 2.05. The molecule has 0 aliphatic rings. The maximum absolute atomic E-state index is 11.5. The summed E-state index contributed by atoms with van der Waals surface area (Å²) in [4.78, 5) is 11.5. The van der Waals surface area contributed by atoms with E-state index in [9.17, 15) is 4.79 Å². The van der Waals surface area contributed by atoms with Crippen LogP contribution in [0.2, 0.25) is 0 Å². The van der Waals surface area contributed by atoms with Crippen LogP contribution in [-0.4, -0.2) is 11.7 Å². The van der Waals surface area contributed by atoms with Crippen LogP contribution in [0.4, 0.5) is 5.69 Å². The molecule has 0 aromatic heterocycles. The van der Waals surface area contributed by atoms with Crippen LogP contribution in [0, 0.1) is 5.41 Å². The maximum Gasteiger partial charge on any atom is 0.224 e. The zero-order valence-electron chi connectivity index (χ0n) is 10.2. The van der Waals surface area contributed by atoms with E-state index in [0.717, 1.165) is 16.5 Å². The number of fused-ring (bicyclic) bond motifs is 1. The maximum atomic E-state index is 11.5. The number of hydrogen-bond acceptors (Lipinski definition) is 2. The summed E-state index contributed by atoms with van der Waals surface area (Å²) in [7, 11) is 0. The molecule has 0 bridgehead atoms. The van der Waals surface area contributed by atoms with Crippen LogP contribution in [0.1, 0.15) is 18.9 Å². The summed E-state index contributed by atoms with van der Waals surface area (Å²) < 4.78 is 0. The molecule has 2 aromatic carbocycles. The number of nitrogen functional groups attached to an aromatic ring is 1. The van der Waals surface area contributed by atoms with E-state index in [4.69, 9.17) is 11.1 Å². The van der Waals surface area contributed by atoms with Gasteiger partial charge >= 0.3 is 0 Å². The Kier molecular flexibility index (Phi) is 3.28.